The van der Waals surface area contributed by atoms with E-state index in [-0.39, 0.29) is 5.97 Å². The summed E-state index contributed by atoms with van der Waals surface area (Å²) in [6, 6.07) is 10.0. The highest BCUT2D eigenvalue weighted by Gasteiger charge is 2.52. The average Bonchev–Trinajstić information content (AvgIpc) is 3.45. The van der Waals surface area contributed by atoms with E-state index in [9.17, 15) is 9.59 Å². The molecule has 0 aromatic heterocycles. The van der Waals surface area contributed by atoms with Gasteiger partial charge in [0.2, 0.25) is 0 Å². The van der Waals surface area contributed by atoms with Crippen LogP contribution in [0.4, 0.5) is 0 Å². The SMILES string of the molecule is CCC(C)(C)C(=O)OC1CCCC(c2ccccc2)(C2CC2)OC1=O. The largest absolute Gasteiger partial charge is 0.451 e. The highest BCUT2D eigenvalue weighted by Crippen LogP contribution is 2.52. The molecular weight excluding hydrogens is 316 g/mol. The van der Waals surface area contributed by atoms with Gasteiger partial charge in [0, 0.05) is 5.92 Å². The Bertz CT molecular complexity index is 633. The Hall–Kier alpha value is -1.84. The molecule has 0 spiro atoms. The summed E-state index contributed by atoms with van der Waals surface area (Å²) in [5, 5.41) is 0. The van der Waals surface area contributed by atoms with Gasteiger partial charge in [-0.05, 0) is 57.9 Å². The Morgan fingerprint density at radius 3 is 2.52 bits per heavy atom. The quantitative estimate of drug-likeness (QED) is 0.745. The summed E-state index contributed by atoms with van der Waals surface area (Å²) in [5.74, 6) is -0.343. The minimum Gasteiger partial charge on any atom is -0.451 e. The first-order valence-corrected chi connectivity index (χ1v) is 9.38. The maximum atomic E-state index is 12.8. The van der Waals surface area contributed by atoms with E-state index in [1.54, 1.807) is 0 Å². The first kappa shape index (κ1) is 18.0. The van der Waals surface area contributed by atoms with Crippen molar-refractivity contribution < 1.29 is 19.1 Å². The van der Waals surface area contributed by atoms with Crippen LogP contribution in [0, 0.1) is 11.3 Å². The van der Waals surface area contributed by atoms with E-state index in [1.165, 1.54) is 0 Å². The van der Waals surface area contributed by atoms with Crippen molar-refractivity contribution >= 4 is 11.9 Å². The monoisotopic (exact) mass is 344 g/mol. The van der Waals surface area contributed by atoms with Crippen LogP contribution in [-0.2, 0) is 24.7 Å². The van der Waals surface area contributed by atoms with E-state index >= 15 is 0 Å². The second kappa shape index (κ2) is 6.81. The first-order chi connectivity index (χ1) is 11.9. The number of hydrogen-bond donors (Lipinski definition) is 0. The van der Waals surface area contributed by atoms with Gasteiger partial charge in [-0.1, -0.05) is 37.3 Å². The van der Waals surface area contributed by atoms with Crippen molar-refractivity contribution in [3.8, 4) is 0 Å². The molecule has 4 nitrogen and oxygen atoms in total. The molecule has 1 aliphatic heterocycles. The van der Waals surface area contributed by atoms with Crippen molar-refractivity contribution in [1.29, 1.82) is 0 Å². The van der Waals surface area contributed by atoms with Crippen LogP contribution in [0.5, 0.6) is 0 Å². The fourth-order valence-electron chi connectivity index (χ4n) is 3.50. The predicted molar refractivity (Wildman–Crippen MR) is 94.7 cm³/mol. The number of rotatable bonds is 5. The van der Waals surface area contributed by atoms with Gasteiger partial charge < -0.3 is 9.47 Å². The first-order valence-electron chi connectivity index (χ1n) is 9.38. The summed E-state index contributed by atoms with van der Waals surface area (Å²) < 4.78 is 11.6. The van der Waals surface area contributed by atoms with Gasteiger partial charge in [0.05, 0.1) is 5.41 Å². The van der Waals surface area contributed by atoms with Gasteiger partial charge in [0.25, 0.3) is 0 Å². The van der Waals surface area contributed by atoms with Gasteiger partial charge >= 0.3 is 11.9 Å². The van der Waals surface area contributed by atoms with Crippen molar-refractivity contribution in [2.75, 3.05) is 0 Å². The minimum atomic E-state index is -0.789. The number of carbonyl (C=O) groups is 2. The van der Waals surface area contributed by atoms with Crippen LogP contribution in [0.2, 0.25) is 0 Å². The normalized spacial score (nSPS) is 27.3. The van der Waals surface area contributed by atoms with E-state index < -0.39 is 23.1 Å². The highest BCUT2D eigenvalue weighted by atomic mass is 16.6. The van der Waals surface area contributed by atoms with Crippen molar-refractivity contribution in [1.82, 2.24) is 0 Å². The Kier molecular flexibility index (Phi) is 4.90. The number of hydrogen-bond acceptors (Lipinski definition) is 4. The van der Waals surface area contributed by atoms with Crippen molar-refractivity contribution in [3.05, 3.63) is 35.9 Å². The second-order valence-corrected chi connectivity index (χ2v) is 7.97. The summed E-state index contributed by atoms with van der Waals surface area (Å²) >= 11 is 0. The zero-order valence-electron chi connectivity index (χ0n) is 15.4. The van der Waals surface area contributed by atoms with E-state index in [0.717, 1.165) is 31.2 Å². The average molecular weight is 344 g/mol. The molecular formula is C21H28O4. The molecule has 1 saturated carbocycles. The molecule has 3 rings (SSSR count). The van der Waals surface area contributed by atoms with Gasteiger partial charge in [0.15, 0.2) is 6.10 Å². The van der Waals surface area contributed by atoms with Crippen LogP contribution < -0.4 is 0 Å². The van der Waals surface area contributed by atoms with Crippen LogP contribution in [0.1, 0.15) is 64.9 Å². The molecule has 2 unspecified atom stereocenters. The molecule has 1 aromatic carbocycles. The minimum absolute atomic E-state index is 0.324. The van der Waals surface area contributed by atoms with Crippen molar-refractivity contribution in [3.63, 3.8) is 0 Å². The summed E-state index contributed by atoms with van der Waals surface area (Å²) in [7, 11) is 0. The molecule has 2 atom stereocenters. The molecule has 2 fully saturated rings. The standard InChI is InChI=1S/C21H28O4/c1-4-20(2,3)19(23)24-17-11-8-14-21(16-12-13-16,25-18(17)22)15-9-6-5-7-10-15/h5-7,9-10,16-17H,4,8,11-14H2,1-3H3. The smallest absolute Gasteiger partial charge is 0.348 e. The Balaban J connectivity index is 1.79. The molecule has 0 radical (unpaired) electrons. The molecule has 4 heteroatoms. The van der Waals surface area contributed by atoms with E-state index in [2.05, 4.69) is 0 Å². The Morgan fingerprint density at radius 2 is 1.92 bits per heavy atom. The predicted octanol–water partition coefficient (Wildman–Crippen LogP) is 4.37. The van der Waals surface area contributed by atoms with Crippen molar-refractivity contribution in [2.45, 2.75) is 71.0 Å². The third kappa shape index (κ3) is 3.58. The molecule has 1 saturated heterocycles. The molecule has 1 aliphatic carbocycles. The van der Waals surface area contributed by atoms with E-state index in [1.807, 2.05) is 51.1 Å². The van der Waals surface area contributed by atoms with Crippen molar-refractivity contribution in [2.24, 2.45) is 11.3 Å². The zero-order chi connectivity index (χ0) is 18.1. The van der Waals surface area contributed by atoms with Gasteiger partial charge in [-0.25, -0.2) is 4.79 Å². The number of ether oxygens (including phenoxy) is 2. The summed E-state index contributed by atoms with van der Waals surface area (Å²) in [6.45, 7) is 5.63. The number of carbonyl (C=O) groups excluding carboxylic acids is 2. The number of esters is 2. The Morgan fingerprint density at radius 1 is 1.24 bits per heavy atom. The molecule has 0 bridgehead atoms. The Labute approximate surface area is 149 Å². The van der Waals surface area contributed by atoms with E-state index in [0.29, 0.717) is 18.8 Å². The second-order valence-electron chi connectivity index (χ2n) is 7.97. The molecule has 136 valence electrons. The molecule has 1 heterocycles. The number of cyclic esters (lactones) is 1. The topological polar surface area (TPSA) is 52.6 Å². The zero-order valence-corrected chi connectivity index (χ0v) is 15.4. The summed E-state index contributed by atoms with van der Waals surface area (Å²) in [5.41, 5.74) is -0.0777. The van der Waals surface area contributed by atoms with Gasteiger partial charge in [-0.15, -0.1) is 0 Å². The van der Waals surface area contributed by atoms with Crippen LogP contribution in [0.15, 0.2) is 30.3 Å². The molecule has 1 aromatic rings. The lowest BCUT2D eigenvalue weighted by molar-refractivity contribution is -0.183. The number of benzene rings is 1. The van der Waals surface area contributed by atoms with Gasteiger partial charge in [-0.2, -0.15) is 0 Å². The molecule has 2 aliphatic rings. The van der Waals surface area contributed by atoms with Gasteiger partial charge in [0.1, 0.15) is 5.60 Å². The van der Waals surface area contributed by atoms with Crippen LogP contribution in [0.3, 0.4) is 0 Å². The fourth-order valence-corrected chi connectivity index (χ4v) is 3.50. The molecule has 0 amide bonds. The van der Waals surface area contributed by atoms with Gasteiger partial charge in [-0.3, -0.25) is 4.79 Å². The summed E-state index contributed by atoms with van der Waals surface area (Å²) in [4.78, 5) is 25.2. The lowest BCUT2D eigenvalue weighted by atomic mass is 9.84. The van der Waals surface area contributed by atoms with Crippen LogP contribution >= 0.6 is 0 Å². The maximum absolute atomic E-state index is 12.8. The van der Waals surface area contributed by atoms with Crippen LogP contribution in [0.25, 0.3) is 0 Å². The maximum Gasteiger partial charge on any atom is 0.348 e. The van der Waals surface area contributed by atoms with E-state index in [4.69, 9.17) is 9.47 Å². The molecule has 0 N–H and O–H groups in total. The summed E-state index contributed by atoms with van der Waals surface area (Å²) in [6.07, 6.45) is 4.17. The third-order valence-corrected chi connectivity index (χ3v) is 5.75. The third-order valence-electron chi connectivity index (χ3n) is 5.75. The lowest BCUT2D eigenvalue weighted by Gasteiger charge is -2.33. The molecule has 25 heavy (non-hydrogen) atoms. The lowest BCUT2D eigenvalue weighted by Crippen LogP contribution is -2.38. The fraction of sp³-hybridized carbons (Fsp3) is 0.619. The van der Waals surface area contributed by atoms with Crippen LogP contribution in [-0.4, -0.2) is 18.0 Å². The highest BCUT2D eigenvalue weighted by molar-refractivity contribution is 5.82.